The fourth-order valence-corrected chi connectivity index (χ4v) is 11.3. The SMILES string of the molecule is CC1CCC2CC(C)CCC2C1.Cc1c(F)cc2c(c1F)CCC(C)C2.Cc1cc(F)c2c(F)c(C)c(F)cc2c1.Cc1ccc2c(c1)CCC(C)C2.Cc1ccc2c(c1F)CCC(C)C2. The Bertz CT molecular complexity index is 2430. The third-order valence-corrected chi connectivity index (χ3v) is 15.5. The molecule has 2 fully saturated rings. The van der Waals surface area contributed by atoms with Gasteiger partial charge in [-0.1, -0.05) is 89.4 Å². The standard InChI is InChI=1S/C12H9F3.C12H14F2.C12H15F.C12H22.C12H16/c1-6-3-8-5-9(13)7(2)12(15)11(8)10(14)4-6;1-7-3-4-10-9(5-7)6-11(13)8(2)12(10)14;1-8-3-6-11-10(7-8)5-4-9(2)12(11)13;2*1-9-3-5-12-8-10(2)4-6-11(12)7-9/h3-5H,1-2H3;6-7H,3-5H2,1-2H3;4-5,8H,3,6-7H2,1-2H3;9-12H,3-8H2,1-2H3;3,5,7,10H,4,6,8H2,1-2H3. The van der Waals surface area contributed by atoms with Crippen LogP contribution in [0.15, 0.2) is 54.6 Å². The van der Waals surface area contributed by atoms with Crippen molar-refractivity contribution in [2.75, 3.05) is 0 Å². The second-order valence-corrected chi connectivity index (χ2v) is 21.6. The average Bonchev–Trinajstić information content (AvgIpc) is 3.27. The Hall–Kier alpha value is -4.06. The fraction of sp³-hybridized carbons (Fsp3) is 0.533. The third-order valence-electron chi connectivity index (χ3n) is 15.5. The van der Waals surface area contributed by atoms with Gasteiger partial charge < -0.3 is 0 Å². The minimum absolute atomic E-state index is 0.0319. The van der Waals surface area contributed by atoms with Gasteiger partial charge in [-0.05, 0) is 228 Å². The molecule has 5 aromatic rings. The van der Waals surface area contributed by atoms with Crippen LogP contribution < -0.4 is 0 Å². The summed E-state index contributed by atoms with van der Waals surface area (Å²) in [4.78, 5) is 0. The van der Waals surface area contributed by atoms with Crippen LogP contribution in [0.3, 0.4) is 0 Å². The number of benzene rings is 5. The maximum absolute atomic E-state index is 13.6. The molecule has 6 heteroatoms. The van der Waals surface area contributed by atoms with Gasteiger partial charge in [-0.15, -0.1) is 0 Å². The van der Waals surface area contributed by atoms with E-state index in [4.69, 9.17) is 0 Å². The lowest BCUT2D eigenvalue weighted by atomic mass is 9.65. The van der Waals surface area contributed by atoms with Crippen LogP contribution in [0, 0.1) is 111 Å². The predicted molar refractivity (Wildman–Crippen MR) is 263 cm³/mol. The van der Waals surface area contributed by atoms with Crippen LogP contribution in [0.5, 0.6) is 0 Å². The first kappa shape index (κ1) is 51.3. The summed E-state index contributed by atoms with van der Waals surface area (Å²) < 4.78 is 80.7. The van der Waals surface area contributed by atoms with Crippen molar-refractivity contribution in [2.45, 2.75) is 166 Å². The van der Waals surface area contributed by atoms with Gasteiger partial charge in [-0.2, -0.15) is 0 Å². The lowest BCUT2D eigenvalue weighted by Gasteiger charge is -2.40. The van der Waals surface area contributed by atoms with E-state index in [0.717, 1.165) is 102 Å². The molecule has 7 unspecified atom stereocenters. The Morgan fingerprint density at radius 1 is 0.394 bits per heavy atom. The van der Waals surface area contributed by atoms with Gasteiger partial charge in [0.05, 0.1) is 5.39 Å². The molecule has 0 amide bonds. The molecule has 0 spiro atoms. The van der Waals surface area contributed by atoms with Crippen LogP contribution in [-0.2, 0) is 38.5 Å². The lowest BCUT2D eigenvalue weighted by Crippen LogP contribution is -2.29. The van der Waals surface area contributed by atoms with Gasteiger partial charge >= 0.3 is 0 Å². The summed E-state index contributed by atoms with van der Waals surface area (Å²) in [7, 11) is 0. The highest BCUT2D eigenvalue weighted by atomic mass is 19.2. The van der Waals surface area contributed by atoms with Crippen molar-refractivity contribution in [1.82, 2.24) is 0 Å². The molecule has 0 aliphatic heterocycles. The van der Waals surface area contributed by atoms with E-state index in [1.54, 1.807) is 24.1 Å². The van der Waals surface area contributed by atoms with E-state index in [-0.39, 0.29) is 33.5 Å². The molecule has 0 radical (unpaired) electrons. The topological polar surface area (TPSA) is 0 Å². The highest BCUT2D eigenvalue weighted by molar-refractivity contribution is 5.85. The van der Waals surface area contributed by atoms with Gasteiger partial charge in [-0.25, -0.2) is 26.3 Å². The summed E-state index contributed by atoms with van der Waals surface area (Å²) >= 11 is 0. The first-order valence-corrected chi connectivity index (χ1v) is 25.1. The zero-order valence-electron chi connectivity index (χ0n) is 41.6. The van der Waals surface area contributed by atoms with E-state index in [1.807, 2.05) is 13.0 Å². The summed E-state index contributed by atoms with van der Waals surface area (Å²) in [5.41, 5.74) is 9.82. The molecule has 0 N–H and O–H groups in total. The highest BCUT2D eigenvalue weighted by Crippen LogP contribution is 2.44. The minimum atomic E-state index is -0.817. The Morgan fingerprint density at radius 2 is 0.909 bits per heavy atom. The quantitative estimate of drug-likeness (QED) is 0.136. The summed E-state index contributed by atoms with van der Waals surface area (Å²) in [6.45, 7) is 20.1. The number of rotatable bonds is 0. The fourth-order valence-electron chi connectivity index (χ4n) is 11.3. The normalized spacial score (nSPS) is 23.9. The van der Waals surface area contributed by atoms with Crippen molar-refractivity contribution < 1.29 is 26.3 Å². The molecule has 358 valence electrons. The molecule has 5 aliphatic rings. The van der Waals surface area contributed by atoms with E-state index in [9.17, 15) is 26.3 Å². The van der Waals surface area contributed by atoms with E-state index < -0.39 is 23.3 Å². The van der Waals surface area contributed by atoms with E-state index >= 15 is 0 Å². The van der Waals surface area contributed by atoms with E-state index in [0.29, 0.717) is 11.5 Å². The van der Waals surface area contributed by atoms with Crippen LogP contribution in [0.1, 0.15) is 154 Å². The maximum atomic E-state index is 13.6. The molecule has 0 saturated heterocycles. The zero-order chi connectivity index (χ0) is 48.0. The van der Waals surface area contributed by atoms with Crippen molar-refractivity contribution >= 4 is 10.8 Å². The Labute approximate surface area is 393 Å². The van der Waals surface area contributed by atoms with E-state index in [1.165, 1.54) is 94.9 Å². The number of aryl methyl sites for hydroxylation is 4. The maximum Gasteiger partial charge on any atom is 0.139 e. The molecule has 66 heavy (non-hydrogen) atoms. The van der Waals surface area contributed by atoms with Crippen molar-refractivity contribution in [3.63, 3.8) is 0 Å². The molecule has 5 aliphatic carbocycles. The Morgan fingerprint density at radius 3 is 1.53 bits per heavy atom. The van der Waals surface area contributed by atoms with Gasteiger partial charge in [-0.3, -0.25) is 0 Å². The van der Waals surface area contributed by atoms with Gasteiger partial charge in [0.15, 0.2) is 0 Å². The molecule has 10 rings (SSSR count). The highest BCUT2D eigenvalue weighted by Gasteiger charge is 2.33. The number of fused-ring (bicyclic) bond motifs is 5. The van der Waals surface area contributed by atoms with Crippen molar-refractivity contribution in [2.24, 2.45) is 41.4 Å². The zero-order valence-corrected chi connectivity index (χ0v) is 41.6. The third kappa shape index (κ3) is 12.9. The Balaban J connectivity index is 0.000000137. The van der Waals surface area contributed by atoms with Gasteiger partial charge in [0.2, 0.25) is 0 Å². The molecule has 0 aromatic heterocycles. The van der Waals surface area contributed by atoms with Gasteiger partial charge in [0.25, 0.3) is 0 Å². The largest absolute Gasteiger partial charge is 0.207 e. The second-order valence-electron chi connectivity index (χ2n) is 21.6. The van der Waals surface area contributed by atoms with Crippen LogP contribution >= 0.6 is 0 Å². The summed E-state index contributed by atoms with van der Waals surface area (Å²) in [5, 5.41) is 0.118. The van der Waals surface area contributed by atoms with E-state index in [2.05, 4.69) is 65.8 Å². The molecule has 5 aromatic carbocycles. The lowest BCUT2D eigenvalue weighted by molar-refractivity contribution is 0.109. The summed E-state index contributed by atoms with van der Waals surface area (Å²) in [6.07, 6.45) is 18.8. The van der Waals surface area contributed by atoms with Crippen molar-refractivity contribution in [3.05, 3.63) is 151 Å². The van der Waals surface area contributed by atoms with Crippen LogP contribution in [0.2, 0.25) is 0 Å². The van der Waals surface area contributed by atoms with Gasteiger partial charge in [0.1, 0.15) is 34.9 Å². The number of halogens is 6. The molecule has 0 bridgehead atoms. The number of hydrogen-bond acceptors (Lipinski definition) is 0. The smallest absolute Gasteiger partial charge is 0.139 e. The van der Waals surface area contributed by atoms with Crippen LogP contribution in [0.4, 0.5) is 26.3 Å². The monoisotopic (exact) mass is 911 g/mol. The number of hydrogen-bond donors (Lipinski definition) is 0. The summed E-state index contributed by atoms with van der Waals surface area (Å²) in [6, 6.07) is 16.3. The molecular formula is C60H76F6. The molecule has 0 nitrogen and oxygen atoms in total. The second kappa shape index (κ2) is 22.8. The van der Waals surface area contributed by atoms with Crippen molar-refractivity contribution in [1.29, 1.82) is 0 Å². The molecular weight excluding hydrogens is 835 g/mol. The average molecular weight is 911 g/mol. The van der Waals surface area contributed by atoms with Crippen LogP contribution in [0.25, 0.3) is 10.8 Å². The summed E-state index contributed by atoms with van der Waals surface area (Å²) in [5.74, 6) is 3.62. The Kier molecular flexibility index (Phi) is 17.8. The molecule has 2 saturated carbocycles. The minimum Gasteiger partial charge on any atom is -0.207 e. The van der Waals surface area contributed by atoms with Gasteiger partial charge in [0, 0.05) is 11.1 Å². The predicted octanol–water partition coefficient (Wildman–Crippen LogP) is 17.5. The molecule has 0 heterocycles. The first-order chi connectivity index (χ1) is 31.3. The first-order valence-electron chi connectivity index (χ1n) is 25.1. The van der Waals surface area contributed by atoms with Crippen molar-refractivity contribution in [3.8, 4) is 0 Å². The van der Waals surface area contributed by atoms with Crippen LogP contribution in [-0.4, -0.2) is 0 Å². The molecule has 7 atom stereocenters.